The molecule has 0 saturated carbocycles. The predicted molar refractivity (Wildman–Crippen MR) is 62.2 cm³/mol. The number of aromatic nitrogens is 1. The second kappa shape index (κ2) is 5.66. The molecular weight excluding hydrogens is 256 g/mol. The van der Waals surface area contributed by atoms with E-state index in [9.17, 15) is 4.79 Å². The molecule has 1 rings (SSSR count). The Labute approximate surface area is 97.9 Å². The molecular formula is C11H14BrN2O+. The number of halogens is 1. The average Bonchev–Trinajstić information content (AvgIpc) is 2.17. The number of hydrogen-bond acceptors (Lipinski definition) is 1. The number of nitrogens with one attached hydrogen (secondary N) is 1. The highest BCUT2D eigenvalue weighted by atomic mass is 79.9. The van der Waals surface area contributed by atoms with Crippen molar-refractivity contribution >= 4 is 21.8 Å². The van der Waals surface area contributed by atoms with Crippen LogP contribution in [0.1, 0.15) is 6.92 Å². The molecule has 1 N–H and O–H groups in total. The summed E-state index contributed by atoms with van der Waals surface area (Å²) in [7, 11) is 0. The normalized spacial score (nSPS) is 9.73. The molecule has 0 saturated heterocycles. The molecule has 0 bridgehead atoms. The first kappa shape index (κ1) is 11.9. The summed E-state index contributed by atoms with van der Waals surface area (Å²) < 4.78 is 3.03. The summed E-state index contributed by atoms with van der Waals surface area (Å²) in [5, 5.41) is 2.78. The summed E-state index contributed by atoms with van der Waals surface area (Å²) in [6, 6.07) is 3.91. The van der Waals surface area contributed by atoms with Gasteiger partial charge < -0.3 is 5.32 Å². The summed E-state index contributed by atoms with van der Waals surface area (Å²) in [5.74, 6) is -0.0920. The van der Waals surface area contributed by atoms with Gasteiger partial charge in [0.25, 0.3) is 0 Å². The highest BCUT2D eigenvalue weighted by molar-refractivity contribution is 9.10. The Hall–Kier alpha value is -1.16. The van der Waals surface area contributed by atoms with Gasteiger partial charge in [0.05, 0.1) is 11.0 Å². The van der Waals surface area contributed by atoms with Crippen molar-refractivity contribution in [2.75, 3.05) is 6.54 Å². The van der Waals surface area contributed by atoms with Crippen molar-refractivity contribution in [1.29, 1.82) is 0 Å². The van der Waals surface area contributed by atoms with Gasteiger partial charge in [-0.1, -0.05) is 6.58 Å². The zero-order valence-corrected chi connectivity index (χ0v) is 10.3. The Bertz CT molecular complexity index is 377. The van der Waals surface area contributed by atoms with Crippen LogP contribution in [0.25, 0.3) is 0 Å². The van der Waals surface area contributed by atoms with Crippen molar-refractivity contribution in [3.63, 3.8) is 0 Å². The molecule has 0 radical (unpaired) electrons. The maximum Gasteiger partial charge on any atom is 0.246 e. The fraction of sp³-hybridized carbons (Fsp3) is 0.273. The van der Waals surface area contributed by atoms with E-state index >= 15 is 0 Å². The van der Waals surface area contributed by atoms with E-state index in [1.165, 1.54) is 0 Å². The molecule has 0 aromatic carbocycles. The number of carbonyl (C=O) groups excluding carboxylic acids is 1. The van der Waals surface area contributed by atoms with Gasteiger partial charge in [-0.05, 0) is 28.9 Å². The van der Waals surface area contributed by atoms with E-state index in [0.29, 0.717) is 12.1 Å². The molecule has 1 aromatic rings. The minimum absolute atomic E-state index is 0.0920. The molecule has 15 heavy (non-hydrogen) atoms. The summed E-state index contributed by atoms with van der Waals surface area (Å²) >= 11 is 3.38. The van der Waals surface area contributed by atoms with Crippen LogP contribution in [0.3, 0.4) is 0 Å². The van der Waals surface area contributed by atoms with E-state index in [0.717, 1.165) is 11.0 Å². The molecule has 1 heterocycles. The predicted octanol–water partition coefficient (Wildman–Crippen LogP) is 1.43. The largest absolute Gasteiger partial charge is 0.346 e. The number of pyridine rings is 1. The molecule has 0 fully saturated rings. The van der Waals surface area contributed by atoms with E-state index in [2.05, 4.69) is 27.8 Å². The number of rotatable bonds is 4. The smallest absolute Gasteiger partial charge is 0.246 e. The van der Waals surface area contributed by atoms with Crippen LogP contribution < -0.4 is 9.88 Å². The molecule has 1 aromatic heterocycles. The maximum atomic E-state index is 11.2. The minimum atomic E-state index is -0.0920. The number of amides is 1. The second-order valence-corrected chi connectivity index (χ2v) is 4.21. The second-order valence-electron chi connectivity index (χ2n) is 3.30. The summed E-state index contributed by atoms with van der Waals surface area (Å²) in [6.07, 6.45) is 3.92. The monoisotopic (exact) mass is 269 g/mol. The standard InChI is InChI=1S/C11H13BrN2O/c1-9(2)11(15)13-5-7-14-6-3-4-10(12)8-14/h3-4,6,8H,1,5,7H2,2H3/p+1. The van der Waals surface area contributed by atoms with Crippen LogP contribution in [0.15, 0.2) is 41.2 Å². The third kappa shape index (κ3) is 4.25. The first-order valence-corrected chi connectivity index (χ1v) is 5.47. The van der Waals surface area contributed by atoms with Crippen LogP contribution in [0.4, 0.5) is 0 Å². The molecule has 0 unspecified atom stereocenters. The lowest BCUT2D eigenvalue weighted by Gasteiger charge is -2.01. The van der Waals surface area contributed by atoms with Gasteiger partial charge >= 0.3 is 0 Å². The third-order valence-corrected chi connectivity index (χ3v) is 2.33. The molecule has 3 nitrogen and oxygen atoms in total. The van der Waals surface area contributed by atoms with Gasteiger partial charge in [-0.3, -0.25) is 4.79 Å². The zero-order valence-electron chi connectivity index (χ0n) is 8.66. The Balaban J connectivity index is 2.38. The summed E-state index contributed by atoms with van der Waals surface area (Å²) in [5.41, 5.74) is 0.536. The van der Waals surface area contributed by atoms with Crippen LogP contribution in [-0.2, 0) is 11.3 Å². The topological polar surface area (TPSA) is 33.0 Å². The first-order chi connectivity index (χ1) is 7.09. The van der Waals surface area contributed by atoms with E-state index in [4.69, 9.17) is 0 Å². The van der Waals surface area contributed by atoms with Crippen molar-refractivity contribution in [3.8, 4) is 0 Å². The molecule has 0 atom stereocenters. The van der Waals surface area contributed by atoms with E-state index in [1.54, 1.807) is 6.92 Å². The quantitative estimate of drug-likeness (QED) is 0.651. The van der Waals surface area contributed by atoms with E-state index in [-0.39, 0.29) is 5.91 Å². The lowest BCUT2D eigenvalue weighted by molar-refractivity contribution is -0.695. The summed E-state index contributed by atoms with van der Waals surface area (Å²) in [4.78, 5) is 11.2. The Morgan fingerprint density at radius 2 is 2.40 bits per heavy atom. The SMILES string of the molecule is C=C(C)C(=O)NCC[n+]1cccc(Br)c1. The van der Waals surface area contributed by atoms with Crippen molar-refractivity contribution < 1.29 is 9.36 Å². The van der Waals surface area contributed by atoms with Gasteiger partial charge in [-0.25, -0.2) is 4.57 Å². The van der Waals surface area contributed by atoms with Gasteiger partial charge in [0.1, 0.15) is 0 Å². The van der Waals surface area contributed by atoms with E-state index < -0.39 is 0 Å². The fourth-order valence-corrected chi connectivity index (χ4v) is 1.49. The van der Waals surface area contributed by atoms with Gasteiger partial charge in [0, 0.05) is 11.6 Å². The maximum absolute atomic E-state index is 11.2. The Kier molecular flexibility index (Phi) is 4.49. The molecule has 4 heteroatoms. The first-order valence-electron chi connectivity index (χ1n) is 4.68. The van der Waals surface area contributed by atoms with Crippen molar-refractivity contribution in [2.45, 2.75) is 13.5 Å². The van der Waals surface area contributed by atoms with Crippen LogP contribution in [0, 0.1) is 0 Å². The van der Waals surface area contributed by atoms with Crippen LogP contribution in [0.2, 0.25) is 0 Å². The highest BCUT2D eigenvalue weighted by Crippen LogP contribution is 2.02. The van der Waals surface area contributed by atoms with Crippen LogP contribution in [-0.4, -0.2) is 12.5 Å². The molecule has 1 amide bonds. The van der Waals surface area contributed by atoms with Crippen molar-refractivity contribution in [1.82, 2.24) is 5.32 Å². The van der Waals surface area contributed by atoms with Gasteiger partial charge in [-0.2, -0.15) is 0 Å². The Morgan fingerprint density at radius 3 is 3.00 bits per heavy atom. The molecule has 0 aliphatic heterocycles. The zero-order chi connectivity index (χ0) is 11.3. The number of nitrogens with zero attached hydrogens (tertiary/aromatic N) is 1. The molecule has 80 valence electrons. The van der Waals surface area contributed by atoms with Crippen molar-refractivity contribution in [3.05, 3.63) is 41.2 Å². The van der Waals surface area contributed by atoms with Gasteiger partial charge in [0.2, 0.25) is 5.91 Å². The highest BCUT2D eigenvalue weighted by Gasteiger charge is 2.03. The molecule has 0 aliphatic rings. The van der Waals surface area contributed by atoms with Crippen molar-refractivity contribution in [2.24, 2.45) is 0 Å². The van der Waals surface area contributed by atoms with Crippen LogP contribution in [0.5, 0.6) is 0 Å². The molecule has 0 aliphatic carbocycles. The minimum Gasteiger partial charge on any atom is -0.346 e. The van der Waals surface area contributed by atoms with Gasteiger partial charge in [-0.15, -0.1) is 0 Å². The molecule has 0 spiro atoms. The number of carbonyl (C=O) groups is 1. The Morgan fingerprint density at radius 1 is 1.67 bits per heavy atom. The fourth-order valence-electron chi connectivity index (χ4n) is 1.08. The van der Waals surface area contributed by atoms with Gasteiger partial charge in [0.15, 0.2) is 18.9 Å². The average molecular weight is 270 g/mol. The van der Waals surface area contributed by atoms with E-state index in [1.807, 2.05) is 29.1 Å². The van der Waals surface area contributed by atoms with Crippen LogP contribution >= 0.6 is 15.9 Å². The lowest BCUT2D eigenvalue weighted by Crippen LogP contribution is -2.40. The number of hydrogen-bond donors (Lipinski definition) is 1. The summed E-state index contributed by atoms with van der Waals surface area (Å²) in [6.45, 7) is 6.62. The third-order valence-electron chi connectivity index (χ3n) is 1.87. The lowest BCUT2D eigenvalue weighted by atomic mass is 10.3.